The van der Waals surface area contributed by atoms with Crippen molar-refractivity contribution in [1.82, 2.24) is 0 Å². The third kappa shape index (κ3) is 3.33. The third-order valence-electron chi connectivity index (χ3n) is 5.36. The highest BCUT2D eigenvalue weighted by molar-refractivity contribution is 7.25. The van der Waals surface area contributed by atoms with Gasteiger partial charge >= 0.3 is 0 Å². The number of benzene rings is 4. The maximum atomic E-state index is 3.39. The fraction of sp³-hybridized carbons (Fsp3) is 0.0714. The van der Waals surface area contributed by atoms with Gasteiger partial charge in [-0.1, -0.05) is 60.4 Å². The van der Waals surface area contributed by atoms with Crippen molar-refractivity contribution in [2.24, 2.45) is 0 Å². The van der Waals surface area contributed by atoms with Crippen LogP contribution in [0.1, 0.15) is 22.3 Å². The molecule has 0 nitrogen and oxygen atoms in total. The first-order valence-electron chi connectivity index (χ1n) is 9.79. The largest absolute Gasteiger partial charge is 0.135 e. The van der Waals surface area contributed by atoms with Crippen molar-refractivity contribution in [2.75, 3.05) is 0 Å². The second kappa shape index (κ2) is 7.24. The quantitative estimate of drug-likeness (QED) is 0.258. The predicted molar refractivity (Wildman–Crippen MR) is 127 cm³/mol. The molecule has 0 bridgehead atoms. The Morgan fingerprint density at radius 2 is 1.24 bits per heavy atom. The van der Waals surface area contributed by atoms with E-state index in [4.69, 9.17) is 0 Å². The molecule has 0 N–H and O–H groups in total. The second-order valence-corrected chi connectivity index (χ2v) is 8.49. The Kier molecular flexibility index (Phi) is 4.43. The van der Waals surface area contributed by atoms with Gasteiger partial charge in [-0.2, -0.15) is 0 Å². The SMILES string of the molecule is Cc1cc2sc3cc(C)c(-c4ccccc4)cc3c2cc1C#Cc1ccccc1. The first-order valence-corrected chi connectivity index (χ1v) is 10.6. The van der Waals surface area contributed by atoms with Gasteiger partial charge in [0, 0.05) is 31.3 Å². The van der Waals surface area contributed by atoms with E-state index in [0.29, 0.717) is 0 Å². The molecule has 0 aliphatic rings. The van der Waals surface area contributed by atoms with Crippen LogP contribution >= 0.6 is 11.3 Å². The zero-order chi connectivity index (χ0) is 19.8. The lowest BCUT2D eigenvalue weighted by Gasteiger charge is -2.07. The Bertz CT molecular complexity index is 1390. The van der Waals surface area contributed by atoms with E-state index >= 15 is 0 Å². The molecule has 0 aliphatic carbocycles. The Labute approximate surface area is 175 Å². The van der Waals surface area contributed by atoms with Crippen LogP contribution in [0, 0.1) is 25.7 Å². The minimum atomic E-state index is 1.05. The van der Waals surface area contributed by atoms with Crippen LogP contribution in [-0.2, 0) is 0 Å². The molecule has 5 rings (SSSR count). The minimum Gasteiger partial charge on any atom is -0.135 e. The highest BCUT2D eigenvalue weighted by atomic mass is 32.1. The summed E-state index contributed by atoms with van der Waals surface area (Å²) in [5.74, 6) is 6.69. The molecule has 4 aromatic carbocycles. The van der Waals surface area contributed by atoms with Crippen molar-refractivity contribution in [3.63, 3.8) is 0 Å². The summed E-state index contributed by atoms with van der Waals surface area (Å²) in [7, 11) is 0. The summed E-state index contributed by atoms with van der Waals surface area (Å²) in [6.07, 6.45) is 0. The lowest BCUT2D eigenvalue weighted by Crippen LogP contribution is -1.84. The van der Waals surface area contributed by atoms with Crippen LogP contribution in [0.4, 0.5) is 0 Å². The summed E-state index contributed by atoms with van der Waals surface area (Å²) in [4.78, 5) is 0. The molecule has 1 heterocycles. The zero-order valence-corrected chi connectivity index (χ0v) is 17.3. The topological polar surface area (TPSA) is 0 Å². The molecule has 0 spiro atoms. The van der Waals surface area contributed by atoms with Gasteiger partial charge in [0.25, 0.3) is 0 Å². The van der Waals surface area contributed by atoms with E-state index in [1.54, 1.807) is 0 Å². The number of thiophene rings is 1. The van der Waals surface area contributed by atoms with E-state index in [1.807, 2.05) is 29.5 Å². The summed E-state index contributed by atoms with van der Waals surface area (Å²) in [5.41, 5.74) is 7.26. The summed E-state index contributed by atoms with van der Waals surface area (Å²) < 4.78 is 2.66. The van der Waals surface area contributed by atoms with Crippen LogP contribution in [0.5, 0.6) is 0 Å². The Hall–Kier alpha value is -3.34. The van der Waals surface area contributed by atoms with Crippen molar-refractivity contribution in [1.29, 1.82) is 0 Å². The molecular weight excluding hydrogens is 368 g/mol. The number of hydrogen-bond donors (Lipinski definition) is 0. The molecule has 29 heavy (non-hydrogen) atoms. The number of hydrogen-bond acceptors (Lipinski definition) is 1. The van der Waals surface area contributed by atoms with Crippen LogP contribution in [0.3, 0.4) is 0 Å². The third-order valence-corrected chi connectivity index (χ3v) is 6.48. The lowest BCUT2D eigenvalue weighted by molar-refractivity contribution is 1.47. The van der Waals surface area contributed by atoms with E-state index in [1.165, 1.54) is 42.4 Å². The molecule has 0 saturated heterocycles. The van der Waals surface area contributed by atoms with E-state index in [-0.39, 0.29) is 0 Å². The van der Waals surface area contributed by atoms with E-state index in [2.05, 4.69) is 92.4 Å². The van der Waals surface area contributed by atoms with Gasteiger partial charge in [0.1, 0.15) is 0 Å². The second-order valence-electron chi connectivity index (χ2n) is 7.41. The molecular formula is C28H20S. The molecule has 0 fully saturated rings. The van der Waals surface area contributed by atoms with Crippen LogP contribution in [0.2, 0.25) is 0 Å². The van der Waals surface area contributed by atoms with Crippen molar-refractivity contribution in [3.05, 3.63) is 107 Å². The Morgan fingerprint density at radius 1 is 0.621 bits per heavy atom. The first-order chi connectivity index (χ1) is 14.2. The standard InChI is InChI=1S/C28H20S/c1-19-15-27-25(17-23(19)14-13-21-9-5-3-6-10-21)26-18-24(20(2)16-28(26)29-27)22-11-7-4-8-12-22/h3-12,15-18H,1-2H3. The molecule has 0 atom stereocenters. The molecule has 0 saturated carbocycles. The highest BCUT2D eigenvalue weighted by Crippen LogP contribution is 2.39. The molecule has 1 aromatic heterocycles. The summed E-state index contributed by atoms with van der Waals surface area (Å²) in [5, 5.41) is 2.61. The summed E-state index contributed by atoms with van der Waals surface area (Å²) in [6, 6.07) is 30.0. The van der Waals surface area contributed by atoms with Crippen LogP contribution in [0.15, 0.2) is 84.9 Å². The molecule has 5 aromatic rings. The van der Waals surface area contributed by atoms with E-state index in [9.17, 15) is 0 Å². The monoisotopic (exact) mass is 388 g/mol. The number of fused-ring (bicyclic) bond motifs is 3. The predicted octanol–water partition coefficient (Wildman–Crippen LogP) is 7.74. The van der Waals surface area contributed by atoms with Crippen molar-refractivity contribution >= 4 is 31.5 Å². The maximum absolute atomic E-state index is 3.39. The van der Waals surface area contributed by atoms with E-state index < -0.39 is 0 Å². The van der Waals surface area contributed by atoms with Crippen LogP contribution in [0.25, 0.3) is 31.3 Å². The van der Waals surface area contributed by atoms with E-state index in [0.717, 1.165) is 11.1 Å². The van der Waals surface area contributed by atoms with Gasteiger partial charge in [-0.15, -0.1) is 11.3 Å². The molecule has 0 amide bonds. The molecule has 0 aliphatic heterocycles. The lowest BCUT2D eigenvalue weighted by atomic mass is 9.97. The van der Waals surface area contributed by atoms with Gasteiger partial charge in [-0.25, -0.2) is 0 Å². The Balaban J connectivity index is 1.70. The van der Waals surface area contributed by atoms with Crippen LogP contribution < -0.4 is 0 Å². The van der Waals surface area contributed by atoms with Gasteiger partial charge < -0.3 is 0 Å². The summed E-state index contributed by atoms with van der Waals surface area (Å²) in [6.45, 7) is 4.35. The Morgan fingerprint density at radius 3 is 1.97 bits per heavy atom. The minimum absolute atomic E-state index is 1.05. The summed E-state index contributed by atoms with van der Waals surface area (Å²) >= 11 is 1.87. The molecule has 1 heteroatoms. The van der Waals surface area contributed by atoms with Gasteiger partial charge in [0.15, 0.2) is 0 Å². The average molecular weight is 389 g/mol. The van der Waals surface area contributed by atoms with Crippen molar-refractivity contribution in [2.45, 2.75) is 13.8 Å². The van der Waals surface area contributed by atoms with Gasteiger partial charge in [-0.05, 0) is 72.5 Å². The first kappa shape index (κ1) is 17.7. The number of aryl methyl sites for hydroxylation is 2. The highest BCUT2D eigenvalue weighted by Gasteiger charge is 2.11. The smallest absolute Gasteiger partial charge is 0.0358 e. The fourth-order valence-electron chi connectivity index (χ4n) is 3.80. The molecule has 0 unspecified atom stereocenters. The molecule has 0 radical (unpaired) electrons. The van der Waals surface area contributed by atoms with Crippen molar-refractivity contribution < 1.29 is 0 Å². The maximum Gasteiger partial charge on any atom is 0.0358 e. The van der Waals surface area contributed by atoms with Gasteiger partial charge in [0.05, 0.1) is 0 Å². The van der Waals surface area contributed by atoms with Gasteiger partial charge in [0.2, 0.25) is 0 Å². The van der Waals surface area contributed by atoms with Gasteiger partial charge in [-0.3, -0.25) is 0 Å². The fourth-order valence-corrected chi connectivity index (χ4v) is 5.06. The molecule has 138 valence electrons. The van der Waals surface area contributed by atoms with Crippen molar-refractivity contribution in [3.8, 4) is 23.0 Å². The number of rotatable bonds is 1. The zero-order valence-electron chi connectivity index (χ0n) is 16.5. The average Bonchev–Trinajstić information content (AvgIpc) is 3.08. The normalized spacial score (nSPS) is 10.8. The van der Waals surface area contributed by atoms with Crippen LogP contribution in [-0.4, -0.2) is 0 Å².